The van der Waals surface area contributed by atoms with Gasteiger partial charge in [-0.2, -0.15) is 0 Å². The topological polar surface area (TPSA) is 59.9 Å². The van der Waals surface area contributed by atoms with Gasteiger partial charge in [0, 0.05) is 36.2 Å². The summed E-state index contributed by atoms with van der Waals surface area (Å²) >= 11 is 0. The van der Waals surface area contributed by atoms with E-state index in [1.165, 1.54) is 0 Å². The summed E-state index contributed by atoms with van der Waals surface area (Å²) in [6.45, 7) is 7.09. The van der Waals surface area contributed by atoms with Gasteiger partial charge in [-0.25, -0.2) is 9.97 Å². The minimum atomic E-state index is -0.0629. The summed E-state index contributed by atoms with van der Waals surface area (Å²) in [5.74, 6) is 1.69. The summed E-state index contributed by atoms with van der Waals surface area (Å²) in [6, 6.07) is 6.11. The van der Waals surface area contributed by atoms with E-state index in [-0.39, 0.29) is 17.6 Å². The Morgan fingerprint density at radius 2 is 2.09 bits per heavy atom. The zero-order valence-electron chi connectivity index (χ0n) is 13.3. The molecule has 5 heteroatoms. The van der Waals surface area contributed by atoms with E-state index in [0.717, 1.165) is 30.2 Å². The van der Waals surface area contributed by atoms with Crippen LogP contribution in [-0.4, -0.2) is 27.6 Å². The SMILES string of the molecule is CC(C)(C)c1nccc(N[C@H]2CCO[C@@H]2c2cccnc2)n1. The molecule has 2 aromatic rings. The number of hydrogen-bond acceptors (Lipinski definition) is 5. The van der Waals surface area contributed by atoms with Gasteiger partial charge < -0.3 is 10.1 Å². The summed E-state index contributed by atoms with van der Waals surface area (Å²) in [7, 11) is 0. The van der Waals surface area contributed by atoms with E-state index >= 15 is 0 Å². The summed E-state index contributed by atoms with van der Waals surface area (Å²) in [5, 5.41) is 3.50. The highest BCUT2D eigenvalue weighted by molar-refractivity contribution is 5.37. The van der Waals surface area contributed by atoms with Crippen LogP contribution in [0.2, 0.25) is 0 Å². The molecule has 3 heterocycles. The first-order valence-electron chi connectivity index (χ1n) is 7.65. The maximum atomic E-state index is 5.88. The van der Waals surface area contributed by atoms with Gasteiger partial charge in [0.2, 0.25) is 0 Å². The first kappa shape index (κ1) is 14.9. The lowest BCUT2D eigenvalue weighted by Crippen LogP contribution is -2.25. The summed E-state index contributed by atoms with van der Waals surface area (Å²) in [6.07, 6.45) is 6.42. The molecule has 3 rings (SSSR count). The number of nitrogens with zero attached hydrogens (tertiary/aromatic N) is 3. The molecule has 2 aromatic heterocycles. The van der Waals surface area contributed by atoms with Crippen molar-refractivity contribution in [3.63, 3.8) is 0 Å². The van der Waals surface area contributed by atoms with Gasteiger partial charge in [-0.15, -0.1) is 0 Å². The van der Waals surface area contributed by atoms with Crippen LogP contribution in [-0.2, 0) is 10.2 Å². The third-order valence-corrected chi connectivity index (χ3v) is 3.76. The van der Waals surface area contributed by atoms with Gasteiger partial charge in [0.15, 0.2) is 0 Å². The van der Waals surface area contributed by atoms with Gasteiger partial charge in [0.05, 0.1) is 6.04 Å². The number of pyridine rings is 1. The molecular formula is C17H22N4O. The van der Waals surface area contributed by atoms with Crippen LogP contribution in [0.15, 0.2) is 36.8 Å². The molecule has 0 saturated carbocycles. The van der Waals surface area contributed by atoms with E-state index < -0.39 is 0 Å². The van der Waals surface area contributed by atoms with E-state index in [2.05, 4.69) is 47.1 Å². The van der Waals surface area contributed by atoms with Crippen LogP contribution in [0.3, 0.4) is 0 Å². The quantitative estimate of drug-likeness (QED) is 0.943. The fraction of sp³-hybridized carbons (Fsp3) is 0.471. The Morgan fingerprint density at radius 1 is 1.23 bits per heavy atom. The molecule has 1 saturated heterocycles. The molecule has 0 radical (unpaired) electrons. The average molecular weight is 298 g/mol. The smallest absolute Gasteiger partial charge is 0.135 e. The number of rotatable bonds is 3. The molecule has 1 fully saturated rings. The van der Waals surface area contributed by atoms with Crippen molar-refractivity contribution in [2.45, 2.75) is 44.8 Å². The Labute approximate surface area is 131 Å². The third-order valence-electron chi connectivity index (χ3n) is 3.76. The maximum Gasteiger partial charge on any atom is 0.135 e. The summed E-state index contributed by atoms with van der Waals surface area (Å²) in [5.41, 5.74) is 1.04. The highest BCUT2D eigenvalue weighted by atomic mass is 16.5. The van der Waals surface area contributed by atoms with Crippen molar-refractivity contribution in [3.05, 3.63) is 48.2 Å². The molecule has 1 aliphatic rings. The fourth-order valence-corrected chi connectivity index (χ4v) is 2.60. The Bertz CT molecular complexity index is 624. The molecule has 0 spiro atoms. The van der Waals surface area contributed by atoms with E-state index in [1.807, 2.05) is 24.5 Å². The van der Waals surface area contributed by atoms with Crippen LogP contribution >= 0.6 is 0 Å². The van der Waals surface area contributed by atoms with E-state index in [4.69, 9.17) is 4.74 Å². The van der Waals surface area contributed by atoms with Crippen molar-refractivity contribution in [2.75, 3.05) is 11.9 Å². The lowest BCUT2D eigenvalue weighted by atomic mass is 9.96. The zero-order chi connectivity index (χ0) is 15.6. The lowest BCUT2D eigenvalue weighted by molar-refractivity contribution is 0.107. The first-order chi connectivity index (χ1) is 10.5. The van der Waals surface area contributed by atoms with Gasteiger partial charge in [-0.3, -0.25) is 4.98 Å². The maximum absolute atomic E-state index is 5.88. The minimum absolute atomic E-state index is 0.0155. The van der Waals surface area contributed by atoms with Gasteiger partial charge >= 0.3 is 0 Å². The van der Waals surface area contributed by atoms with Gasteiger partial charge in [0.1, 0.15) is 17.7 Å². The van der Waals surface area contributed by atoms with Gasteiger partial charge in [0.25, 0.3) is 0 Å². The Kier molecular flexibility index (Phi) is 4.07. The molecule has 5 nitrogen and oxygen atoms in total. The van der Waals surface area contributed by atoms with E-state index in [0.29, 0.717) is 0 Å². The van der Waals surface area contributed by atoms with Crippen LogP contribution < -0.4 is 5.32 Å². The van der Waals surface area contributed by atoms with Crippen molar-refractivity contribution >= 4 is 5.82 Å². The summed E-state index contributed by atoms with van der Waals surface area (Å²) in [4.78, 5) is 13.2. The normalized spacial score (nSPS) is 21.8. The molecule has 0 amide bonds. The highest BCUT2D eigenvalue weighted by Crippen LogP contribution is 2.31. The fourth-order valence-electron chi connectivity index (χ4n) is 2.60. The van der Waals surface area contributed by atoms with Crippen molar-refractivity contribution in [1.29, 1.82) is 0 Å². The largest absolute Gasteiger partial charge is 0.371 e. The molecule has 1 N–H and O–H groups in total. The second kappa shape index (κ2) is 6.01. The Balaban J connectivity index is 1.78. The molecule has 2 atom stereocenters. The van der Waals surface area contributed by atoms with Crippen molar-refractivity contribution in [1.82, 2.24) is 15.0 Å². The third kappa shape index (κ3) is 3.25. The summed E-state index contributed by atoms with van der Waals surface area (Å²) < 4.78 is 5.88. The molecule has 0 bridgehead atoms. The standard InChI is InChI=1S/C17H22N4O/c1-17(2,3)16-19-9-6-14(21-16)20-13-7-10-22-15(13)12-5-4-8-18-11-12/h4-6,8-9,11,13,15H,7,10H2,1-3H3,(H,19,20,21)/t13-,15+/m0/s1. The van der Waals surface area contributed by atoms with Gasteiger partial charge in [-0.05, 0) is 18.6 Å². The molecule has 1 aliphatic heterocycles. The van der Waals surface area contributed by atoms with Crippen LogP contribution in [0.4, 0.5) is 5.82 Å². The van der Waals surface area contributed by atoms with Crippen LogP contribution in [0.5, 0.6) is 0 Å². The van der Waals surface area contributed by atoms with Gasteiger partial charge in [-0.1, -0.05) is 26.8 Å². The number of hydrogen-bond donors (Lipinski definition) is 1. The Morgan fingerprint density at radius 3 is 2.82 bits per heavy atom. The van der Waals surface area contributed by atoms with Crippen LogP contribution in [0.1, 0.15) is 44.7 Å². The molecule has 0 unspecified atom stereocenters. The van der Waals surface area contributed by atoms with Crippen molar-refractivity contribution < 1.29 is 4.74 Å². The molecule has 22 heavy (non-hydrogen) atoms. The molecule has 0 aromatic carbocycles. The average Bonchev–Trinajstić information content (AvgIpc) is 2.96. The zero-order valence-corrected chi connectivity index (χ0v) is 13.3. The second-order valence-corrected chi connectivity index (χ2v) is 6.63. The minimum Gasteiger partial charge on any atom is -0.371 e. The number of aromatic nitrogens is 3. The number of ether oxygens (including phenoxy) is 1. The Hall–Kier alpha value is -2.01. The predicted molar refractivity (Wildman–Crippen MR) is 85.7 cm³/mol. The van der Waals surface area contributed by atoms with Crippen molar-refractivity contribution in [2.24, 2.45) is 0 Å². The number of anilines is 1. The molecule has 0 aliphatic carbocycles. The second-order valence-electron chi connectivity index (χ2n) is 6.63. The predicted octanol–water partition coefficient (Wildman–Crippen LogP) is 3.11. The van der Waals surface area contributed by atoms with E-state index in [9.17, 15) is 0 Å². The van der Waals surface area contributed by atoms with Crippen LogP contribution in [0.25, 0.3) is 0 Å². The molecular weight excluding hydrogens is 276 g/mol. The van der Waals surface area contributed by atoms with Crippen molar-refractivity contribution in [3.8, 4) is 0 Å². The molecule has 116 valence electrons. The van der Waals surface area contributed by atoms with E-state index in [1.54, 1.807) is 6.20 Å². The first-order valence-corrected chi connectivity index (χ1v) is 7.65. The lowest BCUT2D eigenvalue weighted by Gasteiger charge is -2.22. The highest BCUT2D eigenvalue weighted by Gasteiger charge is 2.30. The van der Waals surface area contributed by atoms with Crippen LogP contribution in [0, 0.1) is 0 Å². The number of nitrogens with one attached hydrogen (secondary N) is 1. The monoisotopic (exact) mass is 298 g/mol.